The Morgan fingerprint density at radius 2 is 2.37 bits per heavy atom. The van der Waals surface area contributed by atoms with Gasteiger partial charge in [-0.2, -0.15) is 11.8 Å². The van der Waals surface area contributed by atoms with Crippen LogP contribution in [0.4, 0.5) is 11.5 Å². The Hall–Kier alpha value is -1.01. The molecule has 0 aliphatic heterocycles. The van der Waals surface area contributed by atoms with Gasteiger partial charge in [-0.1, -0.05) is 18.5 Å². The lowest BCUT2D eigenvalue weighted by atomic mass is 10.2. The molecule has 1 saturated carbocycles. The van der Waals surface area contributed by atoms with E-state index in [0.29, 0.717) is 5.25 Å². The number of nitro groups is 1. The van der Waals surface area contributed by atoms with Gasteiger partial charge in [0.05, 0.1) is 4.92 Å². The highest BCUT2D eigenvalue weighted by Crippen LogP contribution is 2.33. The van der Waals surface area contributed by atoms with Crippen molar-refractivity contribution in [1.29, 1.82) is 0 Å². The van der Waals surface area contributed by atoms with E-state index in [0.717, 1.165) is 25.0 Å². The number of aromatic nitrogens is 1. The van der Waals surface area contributed by atoms with E-state index in [1.807, 2.05) is 11.8 Å². The smallest absolute Gasteiger partial charge is 0.311 e. The van der Waals surface area contributed by atoms with Gasteiger partial charge < -0.3 is 5.32 Å². The Kier molecular flexibility index (Phi) is 4.87. The maximum atomic E-state index is 11.0. The first-order valence-corrected chi connectivity index (χ1v) is 7.72. The monoisotopic (exact) mass is 301 g/mol. The molecule has 7 heteroatoms. The van der Waals surface area contributed by atoms with Crippen LogP contribution in [0.5, 0.6) is 0 Å². The molecule has 0 bridgehead atoms. The van der Waals surface area contributed by atoms with Gasteiger partial charge in [0.2, 0.25) is 5.82 Å². The Balaban J connectivity index is 2.07. The number of halogens is 1. The second-order valence-corrected chi connectivity index (χ2v) is 6.46. The summed E-state index contributed by atoms with van der Waals surface area (Å²) in [7, 11) is 0. The lowest BCUT2D eigenvalue weighted by molar-refractivity contribution is -0.384. The summed E-state index contributed by atoms with van der Waals surface area (Å²) in [4.78, 5) is 14.6. The van der Waals surface area contributed by atoms with Gasteiger partial charge in [0.15, 0.2) is 0 Å². The molecule has 5 nitrogen and oxygen atoms in total. The Morgan fingerprint density at radius 1 is 1.58 bits per heavy atom. The van der Waals surface area contributed by atoms with Crippen molar-refractivity contribution in [2.45, 2.75) is 37.5 Å². The van der Waals surface area contributed by atoms with Crippen LogP contribution in [0.25, 0.3) is 0 Å². The highest BCUT2D eigenvalue weighted by atomic mass is 35.5. The summed E-state index contributed by atoms with van der Waals surface area (Å²) < 4.78 is 0. The average molecular weight is 302 g/mol. The molecular formula is C12H16ClN3O2S. The molecule has 0 aromatic carbocycles. The summed E-state index contributed by atoms with van der Waals surface area (Å²) in [5.74, 6) is 1.39. The number of rotatable bonds is 5. The molecule has 0 radical (unpaired) electrons. The van der Waals surface area contributed by atoms with Crippen LogP contribution < -0.4 is 5.32 Å². The SMILES string of the molecule is CCSC1CCC(Nc2nc(Cl)ccc2[N+](=O)[O-])C1. The van der Waals surface area contributed by atoms with E-state index < -0.39 is 4.92 Å². The van der Waals surface area contributed by atoms with Gasteiger partial charge in [0, 0.05) is 17.4 Å². The molecule has 0 spiro atoms. The van der Waals surface area contributed by atoms with Gasteiger partial charge in [0.25, 0.3) is 0 Å². The standard InChI is InChI=1S/C12H16ClN3O2S/c1-2-19-9-4-3-8(7-9)14-12-10(16(17)18)5-6-11(13)15-12/h5-6,8-9H,2-4,7H2,1H3,(H,14,15). The summed E-state index contributed by atoms with van der Waals surface area (Å²) in [5.41, 5.74) is -0.0176. The van der Waals surface area contributed by atoms with Crippen molar-refractivity contribution >= 4 is 34.9 Å². The molecule has 2 unspecified atom stereocenters. The fraction of sp³-hybridized carbons (Fsp3) is 0.583. The predicted molar refractivity (Wildman–Crippen MR) is 79.1 cm³/mol. The third kappa shape index (κ3) is 3.73. The van der Waals surface area contributed by atoms with E-state index in [9.17, 15) is 10.1 Å². The van der Waals surface area contributed by atoms with Crippen molar-refractivity contribution in [3.63, 3.8) is 0 Å². The highest BCUT2D eigenvalue weighted by Gasteiger charge is 2.27. The number of nitrogens with zero attached hydrogens (tertiary/aromatic N) is 2. The molecule has 19 heavy (non-hydrogen) atoms. The minimum absolute atomic E-state index is 0.0176. The van der Waals surface area contributed by atoms with E-state index >= 15 is 0 Å². The number of thioether (sulfide) groups is 1. The molecule has 1 N–H and O–H groups in total. The van der Waals surface area contributed by atoms with E-state index in [-0.39, 0.29) is 22.7 Å². The average Bonchev–Trinajstić information content (AvgIpc) is 2.77. The second kappa shape index (κ2) is 6.43. The predicted octanol–water partition coefficient (Wildman–Crippen LogP) is 3.73. The van der Waals surface area contributed by atoms with Crippen molar-refractivity contribution in [2.75, 3.05) is 11.1 Å². The maximum Gasteiger partial charge on any atom is 0.311 e. The zero-order valence-electron chi connectivity index (χ0n) is 10.6. The molecule has 0 amide bonds. The Bertz CT molecular complexity index is 472. The number of hydrogen-bond donors (Lipinski definition) is 1. The second-order valence-electron chi connectivity index (χ2n) is 4.49. The quantitative estimate of drug-likeness (QED) is 0.510. The molecule has 1 fully saturated rings. The molecule has 1 aromatic heterocycles. The van der Waals surface area contributed by atoms with Crippen LogP contribution in [0.2, 0.25) is 5.15 Å². The van der Waals surface area contributed by atoms with Crippen molar-refractivity contribution in [3.8, 4) is 0 Å². The van der Waals surface area contributed by atoms with E-state index in [1.54, 1.807) is 0 Å². The van der Waals surface area contributed by atoms with Crippen LogP contribution in [0.1, 0.15) is 26.2 Å². The fourth-order valence-corrected chi connectivity index (χ4v) is 3.62. The zero-order valence-corrected chi connectivity index (χ0v) is 12.2. The Morgan fingerprint density at radius 3 is 3.05 bits per heavy atom. The van der Waals surface area contributed by atoms with Crippen LogP contribution in [0.15, 0.2) is 12.1 Å². The maximum absolute atomic E-state index is 11.0. The molecule has 1 aromatic rings. The first-order chi connectivity index (χ1) is 9.10. The highest BCUT2D eigenvalue weighted by molar-refractivity contribution is 7.99. The van der Waals surface area contributed by atoms with E-state index in [4.69, 9.17) is 11.6 Å². The van der Waals surface area contributed by atoms with E-state index in [2.05, 4.69) is 17.2 Å². The van der Waals surface area contributed by atoms with Gasteiger partial charge in [-0.05, 0) is 31.1 Å². The van der Waals surface area contributed by atoms with Crippen molar-refractivity contribution in [1.82, 2.24) is 4.98 Å². The van der Waals surface area contributed by atoms with Gasteiger partial charge in [-0.15, -0.1) is 0 Å². The van der Waals surface area contributed by atoms with Crippen LogP contribution in [-0.2, 0) is 0 Å². The minimum atomic E-state index is -0.432. The van der Waals surface area contributed by atoms with Crippen LogP contribution in [0, 0.1) is 10.1 Å². The minimum Gasteiger partial charge on any atom is -0.362 e. The summed E-state index contributed by atoms with van der Waals surface area (Å²) in [5, 5.41) is 15.0. The fourth-order valence-electron chi connectivity index (χ4n) is 2.33. The number of pyridine rings is 1. The topological polar surface area (TPSA) is 68.1 Å². The summed E-state index contributed by atoms with van der Waals surface area (Å²) in [6, 6.07) is 3.08. The largest absolute Gasteiger partial charge is 0.362 e. The Labute approximate surface area is 121 Å². The molecule has 104 valence electrons. The van der Waals surface area contributed by atoms with Gasteiger partial charge in [0.1, 0.15) is 5.15 Å². The molecule has 1 aliphatic rings. The molecule has 1 aliphatic carbocycles. The third-order valence-electron chi connectivity index (χ3n) is 3.16. The van der Waals surface area contributed by atoms with Crippen molar-refractivity contribution in [3.05, 3.63) is 27.4 Å². The number of hydrogen-bond acceptors (Lipinski definition) is 5. The normalized spacial score (nSPS) is 22.4. The third-order valence-corrected chi connectivity index (χ3v) is 4.61. The van der Waals surface area contributed by atoms with Crippen LogP contribution >= 0.6 is 23.4 Å². The summed E-state index contributed by atoms with van der Waals surface area (Å²) in [6.07, 6.45) is 3.18. The molecular weight excluding hydrogens is 286 g/mol. The molecule has 2 rings (SSSR count). The summed E-state index contributed by atoms with van der Waals surface area (Å²) >= 11 is 7.75. The van der Waals surface area contributed by atoms with Crippen molar-refractivity contribution < 1.29 is 4.92 Å². The first kappa shape index (κ1) is 14.4. The first-order valence-electron chi connectivity index (χ1n) is 6.29. The lowest BCUT2D eigenvalue weighted by Gasteiger charge is -2.13. The number of nitrogens with one attached hydrogen (secondary N) is 1. The van der Waals surface area contributed by atoms with Gasteiger partial charge in [-0.3, -0.25) is 10.1 Å². The summed E-state index contributed by atoms with van der Waals surface area (Å²) in [6.45, 7) is 2.15. The van der Waals surface area contributed by atoms with E-state index in [1.165, 1.54) is 12.1 Å². The van der Waals surface area contributed by atoms with Crippen molar-refractivity contribution in [2.24, 2.45) is 0 Å². The van der Waals surface area contributed by atoms with Gasteiger partial charge in [-0.25, -0.2) is 4.98 Å². The van der Waals surface area contributed by atoms with Crippen LogP contribution in [0.3, 0.4) is 0 Å². The van der Waals surface area contributed by atoms with Gasteiger partial charge >= 0.3 is 5.69 Å². The molecule has 0 saturated heterocycles. The molecule has 2 atom stereocenters. The molecule has 1 heterocycles. The zero-order chi connectivity index (χ0) is 13.8. The number of anilines is 1. The lowest BCUT2D eigenvalue weighted by Crippen LogP contribution is -2.18. The van der Waals surface area contributed by atoms with Crippen LogP contribution in [-0.4, -0.2) is 27.0 Å².